The number of benzene rings is 1. The van der Waals surface area contributed by atoms with E-state index in [0.29, 0.717) is 0 Å². The Morgan fingerprint density at radius 1 is 1.13 bits per heavy atom. The Hall–Kier alpha value is -1.36. The van der Waals surface area contributed by atoms with Gasteiger partial charge in [-0.15, -0.1) is 0 Å². The van der Waals surface area contributed by atoms with Gasteiger partial charge in [0.2, 0.25) is 11.8 Å². The summed E-state index contributed by atoms with van der Waals surface area (Å²) in [5, 5.41) is 5.31. The van der Waals surface area contributed by atoms with E-state index in [4.69, 9.17) is 0 Å². The summed E-state index contributed by atoms with van der Waals surface area (Å²) in [6.07, 6.45) is 0. The second-order valence-electron chi connectivity index (χ2n) is 2.82. The molecule has 0 spiro atoms. The highest BCUT2D eigenvalue weighted by molar-refractivity contribution is 9.09. The SMILES string of the molecule is O=C(CBr)NCC(=O)Nc1ccccc1. The van der Waals surface area contributed by atoms with Crippen LogP contribution in [0.2, 0.25) is 0 Å². The maximum atomic E-state index is 11.3. The fourth-order valence-corrected chi connectivity index (χ4v) is 1.15. The van der Waals surface area contributed by atoms with Gasteiger partial charge in [0.25, 0.3) is 0 Å². The van der Waals surface area contributed by atoms with Crippen LogP contribution in [0.15, 0.2) is 30.3 Å². The van der Waals surface area contributed by atoms with Crippen molar-refractivity contribution >= 4 is 33.4 Å². The second kappa shape index (κ2) is 6.19. The van der Waals surface area contributed by atoms with Crippen molar-refractivity contribution in [3.63, 3.8) is 0 Å². The van der Waals surface area contributed by atoms with E-state index < -0.39 is 0 Å². The summed E-state index contributed by atoms with van der Waals surface area (Å²) in [7, 11) is 0. The predicted octanol–water partition coefficient (Wildman–Crippen LogP) is 1.14. The topological polar surface area (TPSA) is 58.2 Å². The number of nitrogens with one attached hydrogen (secondary N) is 2. The number of rotatable bonds is 4. The molecule has 0 aromatic heterocycles. The average Bonchev–Trinajstić information content (AvgIpc) is 2.27. The summed E-state index contributed by atoms with van der Waals surface area (Å²) in [5.41, 5.74) is 0.718. The monoisotopic (exact) mass is 270 g/mol. The minimum absolute atomic E-state index is 0.0146. The maximum absolute atomic E-state index is 11.3. The molecule has 0 aliphatic rings. The molecule has 2 N–H and O–H groups in total. The normalized spacial score (nSPS) is 9.40. The van der Waals surface area contributed by atoms with Crippen molar-refractivity contribution in [3.05, 3.63) is 30.3 Å². The first-order valence-electron chi connectivity index (χ1n) is 4.40. The van der Waals surface area contributed by atoms with Crippen molar-refractivity contribution in [2.75, 3.05) is 17.2 Å². The van der Waals surface area contributed by atoms with Gasteiger partial charge in [-0.3, -0.25) is 9.59 Å². The van der Waals surface area contributed by atoms with Crippen LogP contribution in [0, 0.1) is 0 Å². The highest BCUT2D eigenvalue weighted by Crippen LogP contribution is 2.03. The number of carbonyl (C=O) groups excluding carboxylic acids is 2. The van der Waals surface area contributed by atoms with Crippen LogP contribution in [0.1, 0.15) is 0 Å². The molecule has 0 aliphatic heterocycles. The third-order valence-corrected chi connectivity index (χ3v) is 2.13. The summed E-state index contributed by atoms with van der Waals surface area (Å²) >= 11 is 2.99. The molecule has 0 radical (unpaired) electrons. The zero-order chi connectivity index (χ0) is 11.1. The quantitative estimate of drug-likeness (QED) is 0.807. The number of carbonyl (C=O) groups is 2. The Bertz CT molecular complexity index is 341. The second-order valence-corrected chi connectivity index (χ2v) is 3.39. The van der Waals surface area contributed by atoms with E-state index in [9.17, 15) is 9.59 Å². The van der Waals surface area contributed by atoms with Crippen molar-refractivity contribution in [2.45, 2.75) is 0 Å². The van der Waals surface area contributed by atoms with E-state index in [1.807, 2.05) is 18.2 Å². The van der Waals surface area contributed by atoms with Gasteiger partial charge in [-0.2, -0.15) is 0 Å². The molecule has 0 heterocycles. The third kappa shape index (κ3) is 4.60. The van der Waals surface area contributed by atoms with Crippen molar-refractivity contribution in [1.29, 1.82) is 0 Å². The van der Waals surface area contributed by atoms with E-state index in [1.54, 1.807) is 12.1 Å². The van der Waals surface area contributed by atoms with E-state index in [-0.39, 0.29) is 23.7 Å². The molecule has 1 aromatic rings. The minimum atomic E-state index is -0.240. The molecular formula is C10H11BrN2O2. The van der Waals surface area contributed by atoms with E-state index in [1.165, 1.54) is 0 Å². The molecule has 0 unspecified atom stereocenters. The standard InChI is InChI=1S/C10H11BrN2O2/c11-6-9(14)12-7-10(15)13-8-4-2-1-3-5-8/h1-5H,6-7H2,(H,12,14)(H,13,15). The Morgan fingerprint density at radius 3 is 2.40 bits per heavy atom. The van der Waals surface area contributed by atoms with Gasteiger partial charge in [0, 0.05) is 5.69 Å². The number of amides is 2. The highest BCUT2D eigenvalue weighted by Gasteiger charge is 2.03. The lowest BCUT2D eigenvalue weighted by Crippen LogP contribution is -2.33. The van der Waals surface area contributed by atoms with Gasteiger partial charge in [-0.1, -0.05) is 34.1 Å². The molecule has 0 saturated carbocycles. The van der Waals surface area contributed by atoms with Gasteiger partial charge in [0.1, 0.15) is 0 Å². The molecule has 5 heteroatoms. The lowest BCUT2D eigenvalue weighted by Gasteiger charge is -2.05. The van der Waals surface area contributed by atoms with Crippen LogP contribution in [-0.4, -0.2) is 23.7 Å². The molecule has 4 nitrogen and oxygen atoms in total. The number of halogens is 1. The lowest BCUT2D eigenvalue weighted by molar-refractivity contribution is -0.122. The maximum Gasteiger partial charge on any atom is 0.243 e. The van der Waals surface area contributed by atoms with Crippen molar-refractivity contribution in [2.24, 2.45) is 0 Å². The van der Waals surface area contributed by atoms with Crippen LogP contribution in [0.3, 0.4) is 0 Å². The van der Waals surface area contributed by atoms with Gasteiger partial charge in [-0.05, 0) is 12.1 Å². The third-order valence-electron chi connectivity index (χ3n) is 1.63. The van der Waals surface area contributed by atoms with Crippen molar-refractivity contribution in [3.8, 4) is 0 Å². The number of para-hydroxylation sites is 1. The molecule has 0 saturated heterocycles. The molecule has 0 atom stereocenters. The Balaban J connectivity index is 2.34. The average molecular weight is 271 g/mol. The van der Waals surface area contributed by atoms with Gasteiger partial charge in [0.05, 0.1) is 11.9 Å². The van der Waals surface area contributed by atoms with Crippen LogP contribution in [0.5, 0.6) is 0 Å². The minimum Gasteiger partial charge on any atom is -0.346 e. The van der Waals surface area contributed by atoms with Crippen LogP contribution in [0.25, 0.3) is 0 Å². The van der Waals surface area contributed by atoms with Gasteiger partial charge >= 0.3 is 0 Å². The summed E-state index contributed by atoms with van der Waals surface area (Å²) in [5.74, 6) is -0.450. The smallest absolute Gasteiger partial charge is 0.243 e. The first-order valence-corrected chi connectivity index (χ1v) is 5.52. The lowest BCUT2D eigenvalue weighted by atomic mass is 10.3. The molecule has 80 valence electrons. The molecule has 1 aromatic carbocycles. The fourth-order valence-electron chi connectivity index (χ4n) is 0.953. The highest BCUT2D eigenvalue weighted by atomic mass is 79.9. The summed E-state index contributed by atoms with van der Waals surface area (Å²) < 4.78 is 0. The van der Waals surface area contributed by atoms with Crippen LogP contribution < -0.4 is 10.6 Å². The fraction of sp³-hybridized carbons (Fsp3) is 0.200. The van der Waals surface area contributed by atoms with Crippen LogP contribution in [0.4, 0.5) is 5.69 Å². The molecule has 0 aliphatic carbocycles. The van der Waals surface area contributed by atoms with E-state index >= 15 is 0 Å². The van der Waals surface area contributed by atoms with Crippen molar-refractivity contribution in [1.82, 2.24) is 5.32 Å². The van der Waals surface area contributed by atoms with Crippen LogP contribution >= 0.6 is 15.9 Å². The molecule has 2 amide bonds. The molecule has 15 heavy (non-hydrogen) atoms. The number of hydrogen-bond acceptors (Lipinski definition) is 2. The van der Waals surface area contributed by atoms with Gasteiger partial charge in [0.15, 0.2) is 0 Å². The molecule has 1 rings (SSSR count). The largest absolute Gasteiger partial charge is 0.346 e. The Labute approximate surface area is 96.2 Å². The van der Waals surface area contributed by atoms with Gasteiger partial charge in [-0.25, -0.2) is 0 Å². The number of hydrogen-bond donors (Lipinski definition) is 2. The number of alkyl halides is 1. The van der Waals surface area contributed by atoms with E-state index in [2.05, 4.69) is 26.6 Å². The van der Waals surface area contributed by atoms with Crippen molar-refractivity contribution < 1.29 is 9.59 Å². The molecular weight excluding hydrogens is 260 g/mol. The van der Waals surface area contributed by atoms with Crippen LogP contribution in [-0.2, 0) is 9.59 Å². The first-order chi connectivity index (χ1) is 7.22. The Morgan fingerprint density at radius 2 is 1.80 bits per heavy atom. The molecule has 0 fully saturated rings. The summed E-state index contributed by atoms with van der Waals surface area (Å²) in [4.78, 5) is 22.1. The Kier molecular flexibility index (Phi) is 4.83. The number of anilines is 1. The van der Waals surface area contributed by atoms with E-state index in [0.717, 1.165) is 5.69 Å². The zero-order valence-electron chi connectivity index (χ0n) is 8.00. The summed E-state index contributed by atoms with van der Waals surface area (Å²) in [6.45, 7) is -0.0146. The molecule has 0 bridgehead atoms. The summed E-state index contributed by atoms with van der Waals surface area (Å²) in [6, 6.07) is 9.08. The zero-order valence-corrected chi connectivity index (χ0v) is 9.58. The predicted molar refractivity (Wildman–Crippen MR) is 61.9 cm³/mol. The van der Waals surface area contributed by atoms with Gasteiger partial charge < -0.3 is 10.6 Å². The first kappa shape index (κ1) is 11.7.